The van der Waals surface area contributed by atoms with Crippen LogP contribution in [0.4, 0.5) is 0 Å². The van der Waals surface area contributed by atoms with E-state index in [1.54, 1.807) is 0 Å². The van der Waals surface area contributed by atoms with Gasteiger partial charge in [-0.3, -0.25) is 13.3 Å². The summed E-state index contributed by atoms with van der Waals surface area (Å²) in [4.78, 5) is -2.85. The average molecular weight is 835 g/mol. The van der Waals surface area contributed by atoms with E-state index in [9.17, 15) is 47.3 Å². The van der Waals surface area contributed by atoms with Gasteiger partial charge in [-0.2, -0.15) is 25.3 Å². The van der Waals surface area contributed by atoms with Gasteiger partial charge in [-0.15, -0.1) is 0 Å². The summed E-state index contributed by atoms with van der Waals surface area (Å²) >= 11 is 0. The van der Waals surface area contributed by atoms with Crippen molar-refractivity contribution in [2.24, 2.45) is 0 Å². The number of unbranched alkanes of at least 4 members (excludes halogenated alkanes) is 18. The first kappa shape index (κ1) is 52.1. The zero-order valence-corrected chi connectivity index (χ0v) is 37.0. The van der Waals surface area contributed by atoms with E-state index in [-0.39, 0.29) is 41.7 Å². The standard InChI is InChI=1S/2C18H30O6S2.Na/c1-2-3-4-5-6-7-8-9-10-13-16-24-26(22,23)18-15-12-11-14-17(18)25(19,20)21;1-2-3-4-5-6-7-8-9-10-11-13-16-14-12-15-17(25(19,20)21)18(16)26(22,23)24;/h11-12,14-15H,2-10,13,16H2,1H3,(H,19,20,21);12,14-15H,2-11,13H2,1H3,(H,19,20,21)(H,22,23,24);/q;;+1/p-1. The van der Waals surface area contributed by atoms with E-state index in [2.05, 4.69) is 13.8 Å². The van der Waals surface area contributed by atoms with Crippen LogP contribution in [-0.4, -0.2) is 53.9 Å². The predicted molar refractivity (Wildman–Crippen MR) is 201 cm³/mol. The summed E-state index contributed by atoms with van der Waals surface area (Å²) in [5.74, 6) is 0. The first-order valence-corrected chi connectivity index (χ1v) is 24.2. The maximum atomic E-state index is 12.1. The Morgan fingerprint density at radius 1 is 0.509 bits per heavy atom. The van der Waals surface area contributed by atoms with Gasteiger partial charge in [0.15, 0.2) is 0 Å². The predicted octanol–water partition coefficient (Wildman–Crippen LogP) is 5.86. The Kier molecular flexibility index (Phi) is 27.2. The van der Waals surface area contributed by atoms with Crippen molar-refractivity contribution in [3.8, 4) is 0 Å². The molecular weight excluding hydrogens is 776 g/mol. The van der Waals surface area contributed by atoms with Gasteiger partial charge in [0, 0.05) is 0 Å². The molecule has 0 saturated carbocycles. The summed E-state index contributed by atoms with van der Waals surface area (Å²) in [6, 6.07) is 8.49. The Labute approximate surface area is 342 Å². The molecule has 300 valence electrons. The SMILES string of the molecule is CCCCCCCCCCCCOS(=O)(=O)c1ccccc1S(=O)(=O)[O-].CCCCCCCCCCCCc1cccc(S(=O)(=O)O)c1S(=O)(=O)O.[Na+]. The van der Waals surface area contributed by atoms with E-state index in [0.29, 0.717) is 19.3 Å². The van der Waals surface area contributed by atoms with Gasteiger partial charge in [0.2, 0.25) is 0 Å². The number of aryl methyl sites for hydroxylation is 1. The molecule has 0 fully saturated rings. The first-order chi connectivity index (χ1) is 24.5. The summed E-state index contributed by atoms with van der Waals surface area (Å²) in [6.45, 7) is 4.37. The fraction of sp³-hybridized carbons (Fsp3) is 0.667. The fourth-order valence-electron chi connectivity index (χ4n) is 5.74. The smallest absolute Gasteiger partial charge is 0.744 e. The van der Waals surface area contributed by atoms with Gasteiger partial charge in [0.05, 0.1) is 11.5 Å². The van der Waals surface area contributed by atoms with Gasteiger partial charge in [-0.05, 0) is 43.0 Å². The Balaban J connectivity index is 0.00000100. The number of hydrogen-bond acceptors (Lipinski definition) is 10. The van der Waals surface area contributed by atoms with Crippen LogP contribution in [0.5, 0.6) is 0 Å². The maximum absolute atomic E-state index is 12.1. The minimum Gasteiger partial charge on any atom is -0.744 e. The van der Waals surface area contributed by atoms with Gasteiger partial charge < -0.3 is 4.55 Å². The number of hydrogen-bond donors (Lipinski definition) is 2. The van der Waals surface area contributed by atoms with E-state index in [4.69, 9.17) is 4.18 Å². The van der Waals surface area contributed by atoms with Crippen LogP contribution < -0.4 is 29.6 Å². The van der Waals surface area contributed by atoms with Gasteiger partial charge in [0.25, 0.3) is 30.4 Å². The number of benzene rings is 2. The van der Waals surface area contributed by atoms with Crippen LogP contribution in [0.15, 0.2) is 62.0 Å². The van der Waals surface area contributed by atoms with Gasteiger partial charge in [-0.1, -0.05) is 154 Å². The fourth-order valence-corrected chi connectivity index (χ4v) is 10.0. The topological polar surface area (TPSA) is 209 Å². The molecule has 0 aliphatic carbocycles. The Hall–Kier alpha value is -0.920. The zero-order chi connectivity index (χ0) is 39.1. The molecule has 0 spiro atoms. The Morgan fingerprint density at radius 3 is 1.32 bits per heavy atom. The van der Waals surface area contributed by atoms with Crippen LogP contribution in [0.2, 0.25) is 0 Å². The minimum absolute atomic E-state index is 0. The average Bonchev–Trinajstić information content (AvgIpc) is 3.07. The molecule has 0 radical (unpaired) electrons. The molecule has 2 aromatic carbocycles. The molecule has 2 N–H and O–H groups in total. The molecule has 0 bridgehead atoms. The summed E-state index contributed by atoms with van der Waals surface area (Å²) in [6.07, 6.45) is 22.7. The van der Waals surface area contributed by atoms with Crippen LogP contribution in [0.3, 0.4) is 0 Å². The van der Waals surface area contributed by atoms with Crippen LogP contribution in [0.25, 0.3) is 0 Å². The van der Waals surface area contributed by atoms with E-state index in [1.807, 2.05) is 0 Å². The molecule has 17 heteroatoms. The zero-order valence-electron chi connectivity index (χ0n) is 31.7. The molecule has 0 atom stereocenters. The normalized spacial score (nSPS) is 12.2. The molecule has 2 rings (SSSR count). The van der Waals surface area contributed by atoms with Crippen LogP contribution in [-0.2, 0) is 51.1 Å². The molecule has 0 aromatic heterocycles. The second-order valence-corrected chi connectivity index (χ2v) is 18.7. The molecule has 53 heavy (non-hydrogen) atoms. The van der Waals surface area contributed by atoms with E-state index >= 15 is 0 Å². The van der Waals surface area contributed by atoms with Crippen molar-refractivity contribution in [1.29, 1.82) is 0 Å². The third kappa shape index (κ3) is 22.4. The molecule has 0 aliphatic heterocycles. The van der Waals surface area contributed by atoms with E-state index in [1.165, 1.54) is 101 Å². The van der Waals surface area contributed by atoms with Crippen molar-refractivity contribution < 1.29 is 81.1 Å². The number of rotatable bonds is 27. The Morgan fingerprint density at radius 2 is 0.906 bits per heavy atom. The van der Waals surface area contributed by atoms with E-state index in [0.717, 1.165) is 56.7 Å². The van der Waals surface area contributed by atoms with Crippen molar-refractivity contribution in [2.75, 3.05) is 6.61 Å². The summed E-state index contributed by atoms with van der Waals surface area (Å²) in [5, 5.41) is 0. The third-order valence-corrected chi connectivity index (χ3v) is 12.9. The second-order valence-electron chi connectivity index (χ2n) is 13.0. The largest absolute Gasteiger partial charge is 1.00 e. The van der Waals surface area contributed by atoms with Crippen molar-refractivity contribution in [3.63, 3.8) is 0 Å². The molecule has 2 aromatic rings. The third-order valence-electron chi connectivity index (χ3n) is 8.52. The van der Waals surface area contributed by atoms with Crippen LogP contribution in [0, 0.1) is 0 Å². The molecule has 0 heterocycles. The molecule has 0 aliphatic rings. The quantitative estimate of drug-likeness (QED) is 0.0469. The molecule has 0 amide bonds. The summed E-state index contributed by atoms with van der Waals surface area (Å²) in [7, 11) is -18.6. The molecule has 0 saturated heterocycles. The Bertz CT molecular complexity index is 1750. The summed E-state index contributed by atoms with van der Waals surface area (Å²) in [5.41, 5.74) is 0.210. The van der Waals surface area contributed by atoms with Crippen molar-refractivity contribution in [2.45, 2.75) is 168 Å². The van der Waals surface area contributed by atoms with E-state index < -0.39 is 60.1 Å². The minimum atomic E-state index is -4.88. The van der Waals surface area contributed by atoms with Gasteiger partial charge in [-0.25, -0.2) is 8.42 Å². The maximum Gasteiger partial charge on any atom is 1.00 e. The van der Waals surface area contributed by atoms with Crippen molar-refractivity contribution in [3.05, 3.63) is 48.0 Å². The van der Waals surface area contributed by atoms with Gasteiger partial charge >= 0.3 is 29.6 Å². The van der Waals surface area contributed by atoms with Crippen LogP contribution in [0.1, 0.15) is 148 Å². The van der Waals surface area contributed by atoms with Crippen molar-refractivity contribution in [1.82, 2.24) is 0 Å². The molecule has 12 nitrogen and oxygen atoms in total. The summed E-state index contributed by atoms with van der Waals surface area (Å²) < 4.78 is 127. The van der Waals surface area contributed by atoms with Gasteiger partial charge in [0.1, 0.15) is 24.8 Å². The molecule has 0 unspecified atom stereocenters. The molecular formula is C36H59NaO12S4. The second kappa shape index (κ2) is 27.6. The first-order valence-electron chi connectivity index (χ1n) is 18.5. The monoisotopic (exact) mass is 834 g/mol. The van der Waals surface area contributed by atoms with Crippen molar-refractivity contribution >= 4 is 40.5 Å². The van der Waals surface area contributed by atoms with Crippen LogP contribution >= 0.6 is 0 Å².